The first kappa shape index (κ1) is 26.6. The molecule has 1 aliphatic heterocycles. The highest BCUT2D eigenvalue weighted by Gasteiger charge is 2.36. The van der Waals surface area contributed by atoms with Gasteiger partial charge in [0.1, 0.15) is 13.2 Å². The lowest BCUT2D eigenvalue weighted by Crippen LogP contribution is -2.36. The molecule has 3 aromatic rings. The number of nitrogens with one attached hydrogen (secondary N) is 1. The smallest absolute Gasteiger partial charge is 0.294 e. The van der Waals surface area contributed by atoms with Crippen LogP contribution in [0.25, 0.3) is 6.08 Å². The van der Waals surface area contributed by atoms with Crippen molar-refractivity contribution >= 4 is 63.8 Å². The van der Waals surface area contributed by atoms with Gasteiger partial charge in [-0.2, -0.15) is 0 Å². The Hall–Kier alpha value is -3.46. The van der Waals surface area contributed by atoms with E-state index < -0.39 is 17.1 Å². The van der Waals surface area contributed by atoms with Crippen molar-refractivity contribution in [1.29, 1.82) is 0 Å². The first-order chi connectivity index (χ1) is 17.7. The Morgan fingerprint density at radius 3 is 2.59 bits per heavy atom. The largest absolute Gasteiger partial charge is 0.493 e. The van der Waals surface area contributed by atoms with Gasteiger partial charge in [0, 0.05) is 21.3 Å². The number of nitrogens with zero attached hydrogens (tertiary/aromatic N) is 1. The predicted molar refractivity (Wildman–Crippen MR) is 146 cm³/mol. The van der Waals surface area contributed by atoms with E-state index in [2.05, 4.69) is 5.32 Å². The molecule has 0 aliphatic carbocycles. The molecule has 1 N–H and O–H groups in total. The summed E-state index contributed by atoms with van der Waals surface area (Å²) in [5.74, 6) is -0.0774. The maximum Gasteiger partial charge on any atom is 0.294 e. The van der Waals surface area contributed by atoms with E-state index in [9.17, 15) is 14.4 Å². The van der Waals surface area contributed by atoms with Crippen LogP contribution in [0.5, 0.6) is 11.5 Å². The lowest BCUT2D eigenvalue weighted by Gasteiger charge is -2.13. The molecule has 0 saturated carbocycles. The van der Waals surface area contributed by atoms with Crippen LogP contribution in [-0.2, 0) is 16.2 Å². The highest BCUT2D eigenvalue weighted by Crippen LogP contribution is 2.35. The van der Waals surface area contributed by atoms with E-state index in [0.717, 1.165) is 27.8 Å². The summed E-state index contributed by atoms with van der Waals surface area (Å²) in [7, 11) is 1.50. The molecule has 0 atom stereocenters. The van der Waals surface area contributed by atoms with Gasteiger partial charge in [-0.1, -0.05) is 47.5 Å². The lowest BCUT2D eigenvalue weighted by molar-refractivity contribution is -0.127. The van der Waals surface area contributed by atoms with Crippen LogP contribution < -0.4 is 14.8 Å². The first-order valence-corrected chi connectivity index (χ1v) is 12.7. The second-order valence-electron chi connectivity index (χ2n) is 8.12. The zero-order chi connectivity index (χ0) is 26.5. The monoisotopic (exact) mass is 556 g/mol. The zero-order valence-corrected chi connectivity index (χ0v) is 22.2. The summed E-state index contributed by atoms with van der Waals surface area (Å²) >= 11 is 12.9. The molecule has 3 aromatic carbocycles. The summed E-state index contributed by atoms with van der Waals surface area (Å²) in [6.07, 6.45) is 1.58. The van der Waals surface area contributed by atoms with Gasteiger partial charge in [0.2, 0.25) is 5.91 Å². The number of hydrogen-bond donors (Lipinski definition) is 1. The van der Waals surface area contributed by atoms with E-state index in [0.29, 0.717) is 32.8 Å². The van der Waals surface area contributed by atoms with Crippen LogP contribution in [0.2, 0.25) is 10.0 Å². The Kier molecular flexibility index (Phi) is 8.43. The predicted octanol–water partition coefficient (Wildman–Crippen LogP) is 6.56. The summed E-state index contributed by atoms with van der Waals surface area (Å²) in [5, 5.41) is 3.22. The number of hydrogen-bond acceptors (Lipinski definition) is 6. The first-order valence-electron chi connectivity index (χ1n) is 11.1. The molecular weight excluding hydrogens is 535 g/mol. The van der Waals surface area contributed by atoms with Crippen molar-refractivity contribution in [3.63, 3.8) is 0 Å². The minimum absolute atomic E-state index is 0.204. The third-order valence-corrected chi connectivity index (χ3v) is 6.86. The summed E-state index contributed by atoms with van der Waals surface area (Å²) in [6.45, 7) is 1.73. The number of aryl methyl sites for hydroxylation is 1. The Bertz CT molecular complexity index is 1410. The number of halogens is 2. The van der Waals surface area contributed by atoms with Gasteiger partial charge < -0.3 is 14.8 Å². The minimum Gasteiger partial charge on any atom is -0.493 e. The topological polar surface area (TPSA) is 84.9 Å². The van der Waals surface area contributed by atoms with Crippen LogP contribution in [0.1, 0.15) is 16.7 Å². The lowest BCUT2D eigenvalue weighted by atomic mass is 10.1. The van der Waals surface area contributed by atoms with Crippen LogP contribution in [0.4, 0.5) is 10.5 Å². The summed E-state index contributed by atoms with van der Waals surface area (Å²) in [4.78, 5) is 38.9. The second kappa shape index (κ2) is 11.7. The third kappa shape index (κ3) is 6.65. The molecule has 0 aromatic heterocycles. The molecule has 37 heavy (non-hydrogen) atoms. The number of methoxy groups -OCH3 is 1. The van der Waals surface area contributed by atoms with Crippen molar-refractivity contribution < 1.29 is 23.9 Å². The molecular formula is C27H22Cl2N2O5S. The fourth-order valence-electron chi connectivity index (χ4n) is 3.54. The van der Waals surface area contributed by atoms with Crippen LogP contribution in [0, 0.1) is 6.92 Å². The van der Waals surface area contributed by atoms with Crippen LogP contribution in [0.15, 0.2) is 65.6 Å². The van der Waals surface area contributed by atoms with Crippen LogP contribution >= 0.6 is 35.0 Å². The quantitative estimate of drug-likeness (QED) is 0.316. The number of anilines is 1. The molecule has 1 heterocycles. The van der Waals surface area contributed by atoms with Gasteiger partial charge in [0.05, 0.1) is 12.0 Å². The molecule has 0 radical (unpaired) electrons. The van der Waals surface area contributed by atoms with E-state index in [1.807, 2.05) is 19.1 Å². The second-order valence-corrected chi connectivity index (χ2v) is 9.96. The molecule has 1 saturated heterocycles. The van der Waals surface area contributed by atoms with Gasteiger partial charge in [-0.3, -0.25) is 19.3 Å². The van der Waals surface area contributed by atoms with Gasteiger partial charge in [-0.25, -0.2) is 0 Å². The SMILES string of the molecule is COc1cc(/C=C2\SC(=O)N(CC(=O)Nc3cccc(C)c3)C2=O)ccc1OCc1ccc(Cl)cc1Cl. The normalized spacial score (nSPS) is 14.3. The number of carbonyl (C=O) groups excluding carboxylic acids is 3. The fraction of sp³-hybridized carbons (Fsp3) is 0.148. The van der Waals surface area contributed by atoms with Crippen LogP contribution in [0.3, 0.4) is 0 Å². The van der Waals surface area contributed by atoms with E-state index in [4.69, 9.17) is 32.7 Å². The summed E-state index contributed by atoms with van der Waals surface area (Å²) in [5.41, 5.74) is 2.97. The molecule has 1 fully saturated rings. The number of imide groups is 1. The molecule has 3 amide bonds. The van der Waals surface area contributed by atoms with Gasteiger partial charge >= 0.3 is 0 Å². The van der Waals surface area contributed by atoms with Crippen LogP contribution in [-0.4, -0.2) is 35.6 Å². The minimum atomic E-state index is -0.536. The van der Waals surface area contributed by atoms with E-state index >= 15 is 0 Å². The van der Waals surface area contributed by atoms with Crippen molar-refractivity contribution in [3.8, 4) is 11.5 Å². The van der Waals surface area contributed by atoms with Crippen molar-refractivity contribution in [1.82, 2.24) is 4.90 Å². The summed E-state index contributed by atoms with van der Waals surface area (Å²) < 4.78 is 11.3. The summed E-state index contributed by atoms with van der Waals surface area (Å²) in [6, 6.07) is 17.5. The van der Waals surface area contributed by atoms with Gasteiger partial charge in [0.25, 0.3) is 11.1 Å². The van der Waals surface area contributed by atoms with E-state index in [1.54, 1.807) is 54.6 Å². The Labute approximate surface area is 228 Å². The Balaban J connectivity index is 1.43. The average Bonchev–Trinajstić information content (AvgIpc) is 3.11. The molecule has 0 unspecified atom stereocenters. The number of ether oxygens (including phenoxy) is 2. The van der Waals surface area contributed by atoms with Gasteiger partial charge in [0.15, 0.2) is 11.5 Å². The molecule has 1 aliphatic rings. The maximum absolute atomic E-state index is 12.9. The van der Waals surface area contributed by atoms with Crippen molar-refractivity contribution in [2.75, 3.05) is 19.0 Å². The fourth-order valence-corrected chi connectivity index (χ4v) is 4.84. The molecule has 0 bridgehead atoms. The number of thioether (sulfide) groups is 1. The third-order valence-electron chi connectivity index (χ3n) is 5.36. The van der Waals surface area contributed by atoms with Crippen molar-refractivity contribution in [2.45, 2.75) is 13.5 Å². The Morgan fingerprint density at radius 2 is 1.86 bits per heavy atom. The molecule has 10 heteroatoms. The molecule has 190 valence electrons. The molecule has 4 rings (SSSR count). The number of rotatable bonds is 8. The molecule has 7 nitrogen and oxygen atoms in total. The van der Waals surface area contributed by atoms with E-state index in [-0.39, 0.29) is 18.1 Å². The van der Waals surface area contributed by atoms with Crippen molar-refractivity contribution in [2.24, 2.45) is 0 Å². The Morgan fingerprint density at radius 1 is 1.05 bits per heavy atom. The van der Waals surface area contributed by atoms with Gasteiger partial charge in [-0.05, 0) is 72.3 Å². The van der Waals surface area contributed by atoms with Crippen molar-refractivity contribution in [3.05, 3.63) is 92.3 Å². The number of carbonyl (C=O) groups is 3. The average molecular weight is 557 g/mol. The van der Waals surface area contributed by atoms with Gasteiger partial charge in [-0.15, -0.1) is 0 Å². The molecule has 0 spiro atoms. The zero-order valence-electron chi connectivity index (χ0n) is 19.9. The number of benzene rings is 3. The maximum atomic E-state index is 12.9. The highest BCUT2D eigenvalue weighted by molar-refractivity contribution is 8.18. The highest BCUT2D eigenvalue weighted by atomic mass is 35.5. The standard InChI is InChI=1S/C27H22Cl2N2O5S/c1-16-4-3-5-20(10-16)30-25(32)14-31-26(33)24(37-27(31)34)12-17-6-9-22(23(11-17)35-2)36-15-18-7-8-19(28)13-21(18)29/h3-13H,14-15H2,1-2H3,(H,30,32)/b24-12-. The number of amides is 3. The van der Waals surface area contributed by atoms with E-state index in [1.165, 1.54) is 7.11 Å².